The third-order valence-electron chi connectivity index (χ3n) is 5.90. The Hall–Kier alpha value is -1.34. The number of unbranched alkanes of at least 4 members (excludes halogenated alkanes) is 1. The summed E-state index contributed by atoms with van der Waals surface area (Å²) in [6.07, 6.45) is 17.0. The molecule has 30 heavy (non-hydrogen) atoms. The second-order valence-electron chi connectivity index (χ2n) is 7.78. The zero-order valence-electron chi connectivity index (χ0n) is 17.1. The smallest absolute Gasteiger partial charge is 1.00 e. The maximum absolute atomic E-state index is 2.44. The maximum atomic E-state index is 2.44. The Bertz CT molecular complexity index is 1090. The van der Waals surface area contributed by atoms with Crippen molar-refractivity contribution in [2.75, 3.05) is 0 Å². The standard InChI is InChI=1S/C17H12N.C9H13.2ClH.Zr/c1-2-6-14-10-17(9-13(14)5-1)18-11-15-7-3-4-8-16(15)12-18;1-2-3-6-9-7-4-5-8-9;;;/h1-12H;4,7H,2-3,5-6H2,1H3;2*1H;/q;;;;+2/p-2. The van der Waals surface area contributed by atoms with Crippen molar-refractivity contribution in [3.63, 3.8) is 0 Å². The summed E-state index contributed by atoms with van der Waals surface area (Å²) in [5.74, 6) is 0. The summed E-state index contributed by atoms with van der Waals surface area (Å²) in [4.78, 5) is 0. The number of allylic oxidation sites excluding steroid dienone is 5. The molecule has 1 atom stereocenters. The summed E-state index contributed by atoms with van der Waals surface area (Å²) >= 11 is -0.766. The van der Waals surface area contributed by atoms with Gasteiger partial charge in [0.25, 0.3) is 0 Å². The fourth-order valence-corrected chi connectivity index (χ4v) is 8.76. The van der Waals surface area contributed by atoms with Crippen LogP contribution in [0.4, 0.5) is 0 Å². The molecule has 0 saturated heterocycles. The molecule has 0 aliphatic heterocycles. The van der Waals surface area contributed by atoms with Crippen LogP contribution in [0.1, 0.15) is 47.4 Å². The summed E-state index contributed by atoms with van der Waals surface area (Å²) in [7, 11) is 0. The largest absolute Gasteiger partial charge is 1.00 e. The van der Waals surface area contributed by atoms with Gasteiger partial charge in [0.05, 0.1) is 0 Å². The number of rotatable bonds is 6. The first-order valence-electron chi connectivity index (χ1n) is 10.4. The van der Waals surface area contributed by atoms with Crippen LogP contribution >= 0.6 is 0 Å². The van der Waals surface area contributed by atoms with Crippen molar-refractivity contribution >= 4 is 22.5 Å². The maximum Gasteiger partial charge on any atom is -1.00 e. The molecule has 1 heterocycles. The van der Waals surface area contributed by atoms with Crippen molar-refractivity contribution in [1.82, 2.24) is 4.57 Å². The monoisotopic (exact) mass is 511 g/mol. The van der Waals surface area contributed by atoms with Crippen molar-refractivity contribution in [3.05, 3.63) is 93.1 Å². The average Bonchev–Trinajstić information content (AvgIpc) is 3.43. The summed E-state index contributed by atoms with van der Waals surface area (Å²) < 4.78 is 4.82. The molecule has 152 valence electrons. The minimum absolute atomic E-state index is 0. The van der Waals surface area contributed by atoms with Gasteiger partial charge in [0.15, 0.2) is 0 Å². The van der Waals surface area contributed by atoms with Crippen LogP contribution in [0.2, 0.25) is 0 Å². The zero-order chi connectivity index (χ0) is 18.9. The Morgan fingerprint density at radius 2 is 1.67 bits per heavy atom. The Balaban J connectivity index is 0.00000128. The van der Waals surface area contributed by atoms with Crippen LogP contribution in [0.15, 0.2) is 81.9 Å². The van der Waals surface area contributed by atoms with Gasteiger partial charge in [0.2, 0.25) is 0 Å². The van der Waals surface area contributed by atoms with Gasteiger partial charge in [-0.2, -0.15) is 0 Å². The van der Waals surface area contributed by atoms with E-state index in [0.29, 0.717) is 3.63 Å². The molecule has 0 fully saturated rings. The number of hydrogen-bond donors (Lipinski definition) is 0. The van der Waals surface area contributed by atoms with E-state index in [4.69, 9.17) is 0 Å². The van der Waals surface area contributed by atoms with Crippen molar-refractivity contribution < 1.29 is 48.0 Å². The van der Waals surface area contributed by atoms with E-state index in [-0.39, 0.29) is 24.8 Å². The molecule has 2 aromatic carbocycles. The number of hydrogen-bond acceptors (Lipinski definition) is 0. The molecule has 0 N–H and O–H groups in total. The van der Waals surface area contributed by atoms with E-state index in [1.165, 1.54) is 47.7 Å². The molecule has 1 unspecified atom stereocenters. The molecule has 0 bridgehead atoms. The Morgan fingerprint density at radius 3 is 2.40 bits per heavy atom. The summed E-state index contributed by atoms with van der Waals surface area (Å²) in [5.41, 5.74) is 6.12. The summed E-state index contributed by atoms with van der Waals surface area (Å²) in [6, 6.07) is 17.7. The minimum Gasteiger partial charge on any atom is -1.00 e. The molecule has 5 rings (SSSR count). The molecule has 3 aromatic rings. The van der Waals surface area contributed by atoms with Crippen LogP contribution in [0, 0.1) is 0 Å². The van der Waals surface area contributed by atoms with Gasteiger partial charge < -0.3 is 24.8 Å². The van der Waals surface area contributed by atoms with Crippen molar-refractivity contribution in [1.29, 1.82) is 0 Å². The number of halogens is 2. The first-order chi connectivity index (χ1) is 13.8. The van der Waals surface area contributed by atoms with Gasteiger partial charge in [-0.3, -0.25) is 0 Å². The van der Waals surface area contributed by atoms with Gasteiger partial charge >= 0.3 is 180 Å². The first kappa shape index (κ1) is 23.3. The predicted octanol–water partition coefficient (Wildman–Crippen LogP) is 1.19. The normalized spacial score (nSPS) is 16.7. The first-order valence-corrected chi connectivity index (χ1v) is 13.0. The molecule has 0 amide bonds. The molecular weight excluding hydrogens is 488 g/mol. The summed E-state index contributed by atoms with van der Waals surface area (Å²) in [6.45, 7) is 2.30. The fourth-order valence-electron chi connectivity index (χ4n) is 4.39. The average molecular weight is 514 g/mol. The Morgan fingerprint density at radius 1 is 0.967 bits per heavy atom. The fraction of sp³-hybridized carbons (Fsp3) is 0.231. The molecule has 1 nitrogen and oxygen atoms in total. The second-order valence-corrected chi connectivity index (χ2v) is 11.4. The van der Waals surface area contributed by atoms with Gasteiger partial charge in [-0.15, -0.1) is 0 Å². The summed E-state index contributed by atoms with van der Waals surface area (Å²) in [5, 5.41) is 2.66. The minimum atomic E-state index is -0.766. The van der Waals surface area contributed by atoms with Crippen LogP contribution in [0.5, 0.6) is 0 Å². The quantitative estimate of drug-likeness (QED) is 0.467. The van der Waals surface area contributed by atoms with E-state index >= 15 is 0 Å². The number of aromatic nitrogens is 1. The molecule has 0 radical (unpaired) electrons. The molecular formula is C26H25Cl2NZr. The van der Waals surface area contributed by atoms with E-state index in [1.807, 2.05) is 0 Å². The number of nitrogens with zero attached hydrogens (tertiary/aromatic N) is 1. The third-order valence-corrected chi connectivity index (χ3v) is 10.3. The zero-order valence-corrected chi connectivity index (χ0v) is 21.1. The van der Waals surface area contributed by atoms with Gasteiger partial charge in [0, 0.05) is 0 Å². The molecule has 0 spiro atoms. The van der Waals surface area contributed by atoms with E-state index in [1.54, 1.807) is 14.4 Å². The van der Waals surface area contributed by atoms with Gasteiger partial charge in [0.1, 0.15) is 0 Å². The van der Waals surface area contributed by atoms with Crippen LogP contribution in [0.25, 0.3) is 22.5 Å². The van der Waals surface area contributed by atoms with Crippen molar-refractivity contribution in [3.8, 4) is 0 Å². The van der Waals surface area contributed by atoms with Gasteiger partial charge in [-0.05, 0) is 0 Å². The van der Waals surface area contributed by atoms with Gasteiger partial charge in [-0.25, -0.2) is 0 Å². The number of benzene rings is 2. The number of fused-ring (bicyclic) bond motifs is 2. The molecule has 0 saturated carbocycles. The molecule has 2 aliphatic carbocycles. The van der Waals surface area contributed by atoms with Crippen molar-refractivity contribution in [2.45, 2.75) is 36.2 Å². The van der Waals surface area contributed by atoms with Crippen molar-refractivity contribution in [2.24, 2.45) is 0 Å². The van der Waals surface area contributed by atoms with Crippen LogP contribution in [-0.2, 0) is 23.2 Å². The van der Waals surface area contributed by atoms with Crippen LogP contribution < -0.4 is 24.8 Å². The second kappa shape index (κ2) is 10.3. The van der Waals surface area contributed by atoms with E-state index in [9.17, 15) is 0 Å². The van der Waals surface area contributed by atoms with E-state index < -0.39 is 23.2 Å². The van der Waals surface area contributed by atoms with E-state index in [2.05, 4.69) is 90.6 Å². The van der Waals surface area contributed by atoms with Crippen LogP contribution in [-0.4, -0.2) is 4.57 Å². The molecule has 4 heteroatoms. The topological polar surface area (TPSA) is 4.93 Å². The third kappa shape index (κ3) is 4.47. The van der Waals surface area contributed by atoms with E-state index in [0.717, 1.165) is 0 Å². The molecule has 1 aromatic heterocycles. The molecule has 2 aliphatic rings. The SMILES string of the molecule is CCCCC1=[C]([Zr+2][CH]2C(n3cc4ccccc4c3)=Cc3ccccc32)CC=C1.[Cl-].[Cl-]. The van der Waals surface area contributed by atoms with Gasteiger partial charge in [-0.1, -0.05) is 0 Å². The Labute approximate surface area is 203 Å². The van der Waals surface area contributed by atoms with Crippen LogP contribution in [0.3, 0.4) is 0 Å². The Kier molecular flexibility index (Phi) is 8.02. The predicted molar refractivity (Wildman–Crippen MR) is 116 cm³/mol.